The largest absolute Gasteiger partial charge is 0.371 e. The highest BCUT2D eigenvalue weighted by Gasteiger charge is 2.14. The monoisotopic (exact) mass is 285 g/mol. The zero-order valence-corrected chi connectivity index (χ0v) is 13.2. The van der Waals surface area contributed by atoms with E-state index in [2.05, 4.69) is 86.0 Å². The van der Waals surface area contributed by atoms with E-state index < -0.39 is 0 Å². The molecule has 2 heteroatoms. The van der Waals surface area contributed by atoms with Crippen LogP contribution in [0.3, 0.4) is 0 Å². The van der Waals surface area contributed by atoms with Gasteiger partial charge in [0.05, 0.1) is 0 Å². The molecule has 2 aromatic carbocycles. The fraction of sp³-hybridized carbons (Fsp3) is 0.333. The van der Waals surface area contributed by atoms with Crippen LogP contribution in [-0.4, -0.2) is 18.8 Å². The molecular formula is C18H23NS. The molecule has 20 heavy (non-hydrogen) atoms. The summed E-state index contributed by atoms with van der Waals surface area (Å²) in [6, 6.07) is 19.4. The zero-order chi connectivity index (χ0) is 14.4. The quantitative estimate of drug-likeness (QED) is 0.763. The summed E-state index contributed by atoms with van der Waals surface area (Å²) in [5.74, 6) is 1.33. The molecule has 1 atom stereocenters. The first-order valence-corrected chi connectivity index (χ1v) is 7.85. The minimum absolute atomic E-state index is 0.458. The average molecular weight is 285 g/mol. The van der Waals surface area contributed by atoms with Gasteiger partial charge < -0.3 is 4.90 Å². The second-order valence-electron chi connectivity index (χ2n) is 5.17. The average Bonchev–Trinajstić information content (AvgIpc) is 2.49. The smallest absolute Gasteiger partial charge is 0.0368 e. The lowest BCUT2D eigenvalue weighted by Gasteiger charge is -2.28. The molecule has 106 valence electrons. The summed E-state index contributed by atoms with van der Waals surface area (Å²) in [5.41, 5.74) is 3.98. The molecule has 1 nitrogen and oxygen atoms in total. The third kappa shape index (κ3) is 3.80. The van der Waals surface area contributed by atoms with E-state index in [9.17, 15) is 0 Å². The van der Waals surface area contributed by atoms with Crippen molar-refractivity contribution < 1.29 is 0 Å². The van der Waals surface area contributed by atoms with E-state index >= 15 is 0 Å². The van der Waals surface area contributed by atoms with Gasteiger partial charge in [0, 0.05) is 24.7 Å². The number of hydrogen-bond donors (Lipinski definition) is 1. The molecule has 1 unspecified atom stereocenters. The second-order valence-corrected chi connectivity index (χ2v) is 5.53. The highest BCUT2D eigenvalue weighted by Crippen LogP contribution is 2.23. The van der Waals surface area contributed by atoms with Gasteiger partial charge in [-0.15, -0.1) is 0 Å². The van der Waals surface area contributed by atoms with Crippen molar-refractivity contribution >= 4 is 18.3 Å². The number of benzene rings is 2. The van der Waals surface area contributed by atoms with Crippen LogP contribution >= 0.6 is 12.6 Å². The van der Waals surface area contributed by atoms with Crippen LogP contribution in [0.4, 0.5) is 5.69 Å². The summed E-state index contributed by atoms with van der Waals surface area (Å²) in [5, 5.41) is 0. The van der Waals surface area contributed by atoms with Gasteiger partial charge in [-0.05, 0) is 42.9 Å². The lowest BCUT2D eigenvalue weighted by molar-refractivity contribution is 0.710. The van der Waals surface area contributed by atoms with Crippen molar-refractivity contribution in [3.8, 4) is 0 Å². The Bertz CT molecular complexity index is 524. The highest BCUT2D eigenvalue weighted by molar-refractivity contribution is 7.80. The Kier molecular flexibility index (Phi) is 5.54. The minimum Gasteiger partial charge on any atom is -0.371 e. The van der Waals surface area contributed by atoms with Gasteiger partial charge in [-0.3, -0.25) is 0 Å². The highest BCUT2D eigenvalue weighted by atomic mass is 32.1. The van der Waals surface area contributed by atoms with Gasteiger partial charge in [0.25, 0.3) is 0 Å². The molecule has 0 bridgehead atoms. The summed E-state index contributed by atoms with van der Waals surface area (Å²) in [7, 11) is 0. The summed E-state index contributed by atoms with van der Waals surface area (Å²) < 4.78 is 0. The predicted octanol–water partition coefficient (Wildman–Crippen LogP) is 4.53. The van der Waals surface area contributed by atoms with Gasteiger partial charge >= 0.3 is 0 Å². The molecule has 0 radical (unpaired) electrons. The van der Waals surface area contributed by atoms with Crippen LogP contribution in [0.5, 0.6) is 0 Å². The third-order valence-corrected chi connectivity index (χ3v) is 4.12. The van der Waals surface area contributed by atoms with Gasteiger partial charge in [0.15, 0.2) is 0 Å². The summed E-state index contributed by atoms with van der Waals surface area (Å²) >= 11 is 4.55. The van der Waals surface area contributed by atoms with E-state index in [4.69, 9.17) is 0 Å². The van der Waals surface area contributed by atoms with Crippen molar-refractivity contribution in [1.29, 1.82) is 0 Å². The molecule has 0 aliphatic rings. The molecule has 0 amide bonds. The SMILES string of the molecule is CCN(CC(CS)c1ccccc1)c1cccc(C)c1. The van der Waals surface area contributed by atoms with Crippen molar-refractivity contribution in [1.82, 2.24) is 0 Å². The van der Waals surface area contributed by atoms with Gasteiger partial charge in [0.1, 0.15) is 0 Å². The standard InChI is InChI=1S/C18H23NS/c1-3-19(18-11-7-8-15(2)12-18)13-17(14-20)16-9-5-4-6-10-16/h4-12,17,20H,3,13-14H2,1-2H3. The Morgan fingerprint density at radius 1 is 1.05 bits per heavy atom. The van der Waals surface area contributed by atoms with E-state index in [0.29, 0.717) is 5.92 Å². The van der Waals surface area contributed by atoms with Crippen LogP contribution < -0.4 is 4.90 Å². The number of nitrogens with zero attached hydrogens (tertiary/aromatic N) is 1. The molecular weight excluding hydrogens is 262 g/mol. The third-order valence-electron chi connectivity index (χ3n) is 3.68. The zero-order valence-electron chi connectivity index (χ0n) is 12.3. The Morgan fingerprint density at radius 3 is 2.40 bits per heavy atom. The first kappa shape index (κ1) is 15.0. The molecule has 0 heterocycles. The van der Waals surface area contributed by atoms with Crippen molar-refractivity contribution in [3.63, 3.8) is 0 Å². The lowest BCUT2D eigenvalue weighted by atomic mass is 10.00. The molecule has 0 aliphatic carbocycles. The van der Waals surface area contributed by atoms with Crippen LogP contribution in [0.1, 0.15) is 24.0 Å². The molecule has 0 spiro atoms. The molecule has 2 rings (SSSR count). The predicted molar refractivity (Wildman–Crippen MR) is 92.1 cm³/mol. The molecule has 0 N–H and O–H groups in total. The Hall–Kier alpha value is -1.41. The van der Waals surface area contributed by atoms with Crippen LogP contribution in [0.15, 0.2) is 54.6 Å². The number of likely N-dealkylation sites (N-methyl/N-ethyl adjacent to an activating group) is 1. The molecule has 0 saturated carbocycles. The summed E-state index contributed by atoms with van der Waals surface area (Å²) in [6.07, 6.45) is 0. The maximum Gasteiger partial charge on any atom is 0.0368 e. The number of thiol groups is 1. The molecule has 0 aromatic heterocycles. The fourth-order valence-electron chi connectivity index (χ4n) is 2.50. The Labute approximate surface area is 128 Å². The lowest BCUT2D eigenvalue weighted by Crippen LogP contribution is -2.29. The van der Waals surface area contributed by atoms with Crippen molar-refractivity contribution in [2.45, 2.75) is 19.8 Å². The van der Waals surface area contributed by atoms with Gasteiger partial charge in [-0.25, -0.2) is 0 Å². The van der Waals surface area contributed by atoms with Crippen LogP contribution in [0.25, 0.3) is 0 Å². The molecule has 0 saturated heterocycles. The van der Waals surface area contributed by atoms with E-state index in [0.717, 1.165) is 18.8 Å². The number of anilines is 1. The second kappa shape index (κ2) is 7.39. The summed E-state index contributed by atoms with van der Waals surface area (Å²) in [6.45, 7) is 6.38. The van der Waals surface area contributed by atoms with Crippen LogP contribution in [0, 0.1) is 6.92 Å². The maximum absolute atomic E-state index is 4.55. The van der Waals surface area contributed by atoms with E-state index in [1.807, 2.05) is 0 Å². The Balaban J connectivity index is 2.16. The van der Waals surface area contributed by atoms with E-state index in [-0.39, 0.29) is 0 Å². The van der Waals surface area contributed by atoms with Crippen molar-refractivity contribution in [2.24, 2.45) is 0 Å². The van der Waals surface area contributed by atoms with Gasteiger partial charge in [-0.1, -0.05) is 42.5 Å². The Morgan fingerprint density at radius 2 is 1.80 bits per heavy atom. The van der Waals surface area contributed by atoms with Crippen LogP contribution in [0.2, 0.25) is 0 Å². The first-order chi connectivity index (χ1) is 9.74. The molecule has 2 aromatic rings. The first-order valence-electron chi connectivity index (χ1n) is 7.22. The van der Waals surface area contributed by atoms with Gasteiger partial charge in [-0.2, -0.15) is 12.6 Å². The molecule has 0 fully saturated rings. The van der Waals surface area contributed by atoms with Crippen LogP contribution in [-0.2, 0) is 0 Å². The maximum atomic E-state index is 4.55. The number of aryl methyl sites for hydroxylation is 1. The molecule has 0 aliphatic heterocycles. The normalized spacial score (nSPS) is 12.2. The number of rotatable bonds is 6. The van der Waals surface area contributed by atoms with Gasteiger partial charge in [0.2, 0.25) is 0 Å². The summed E-state index contributed by atoms with van der Waals surface area (Å²) in [4.78, 5) is 2.43. The van der Waals surface area contributed by atoms with E-state index in [1.54, 1.807) is 0 Å². The minimum atomic E-state index is 0.458. The van der Waals surface area contributed by atoms with Crippen molar-refractivity contribution in [3.05, 3.63) is 65.7 Å². The fourth-order valence-corrected chi connectivity index (χ4v) is 2.83. The number of hydrogen-bond acceptors (Lipinski definition) is 2. The van der Waals surface area contributed by atoms with E-state index in [1.165, 1.54) is 16.8 Å². The van der Waals surface area contributed by atoms with Crippen molar-refractivity contribution in [2.75, 3.05) is 23.7 Å². The topological polar surface area (TPSA) is 3.24 Å².